The smallest absolute Gasteiger partial charge is 0.0466 e. The lowest BCUT2D eigenvalue weighted by Crippen LogP contribution is -2.05. The van der Waals surface area contributed by atoms with Crippen LogP contribution in [0.25, 0.3) is 0 Å². The van der Waals surface area contributed by atoms with Crippen LogP contribution in [0.2, 0.25) is 0 Å². The zero-order chi connectivity index (χ0) is 10.2. The van der Waals surface area contributed by atoms with E-state index >= 15 is 0 Å². The van der Waals surface area contributed by atoms with E-state index in [1.54, 1.807) is 0 Å². The molecule has 0 aromatic heterocycles. The van der Waals surface area contributed by atoms with Crippen LogP contribution in [0.1, 0.15) is 59.8 Å². The second-order valence-corrected chi connectivity index (χ2v) is 4.98. The third kappa shape index (κ3) is 12.0. The average molecular weight is 186 g/mol. The lowest BCUT2D eigenvalue weighted by Gasteiger charge is -2.17. The Bertz CT molecular complexity index is 102. The highest BCUT2D eigenvalue weighted by atomic mass is 16.5. The molecule has 0 rings (SSSR count). The van der Waals surface area contributed by atoms with Crippen molar-refractivity contribution in [1.29, 1.82) is 0 Å². The highest BCUT2D eigenvalue weighted by Gasteiger charge is 2.08. The fourth-order valence-electron chi connectivity index (χ4n) is 1.21. The first kappa shape index (κ1) is 13.0. The molecule has 0 aromatic rings. The average Bonchev–Trinajstić information content (AvgIpc) is 2.01. The van der Waals surface area contributed by atoms with Crippen LogP contribution in [0.15, 0.2) is 0 Å². The molecule has 0 aromatic carbocycles. The maximum absolute atomic E-state index is 5.49. The molecule has 13 heavy (non-hydrogen) atoms. The maximum atomic E-state index is 5.49. The van der Waals surface area contributed by atoms with Gasteiger partial charge in [-0.2, -0.15) is 0 Å². The Morgan fingerprint density at radius 1 is 0.923 bits per heavy atom. The molecule has 0 radical (unpaired) electrons. The minimum Gasteiger partial charge on any atom is -0.381 e. The molecule has 0 saturated carbocycles. The van der Waals surface area contributed by atoms with Gasteiger partial charge in [0.25, 0.3) is 0 Å². The highest BCUT2D eigenvalue weighted by molar-refractivity contribution is 4.60. The van der Waals surface area contributed by atoms with E-state index in [0.717, 1.165) is 13.2 Å². The Kier molecular flexibility index (Phi) is 7.35. The van der Waals surface area contributed by atoms with Gasteiger partial charge >= 0.3 is 0 Å². The summed E-state index contributed by atoms with van der Waals surface area (Å²) in [6, 6.07) is 0. The zero-order valence-corrected chi connectivity index (χ0v) is 9.86. The minimum atomic E-state index is 0.490. The van der Waals surface area contributed by atoms with Crippen molar-refractivity contribution < 1.29 is 4.74 Å². The van der Waals surface area contributed by atoms with E-state index in [2.05, 4.69) is 27.7 Å². The molecule has 0 aliphatic carbocycles. The summed E-state index contributed by atoms with van der Waals surface area (Å²) >= 11 is 0. The Hall–Kier alpha value is -0.0400. The number of ether oxygens (including phenoxy) is 1. The standard InChI is InChI=1S/C12H26O/c1-5-6-10-13-11-8-7-9-12(2,3)4/h5-11H2,1-4H3. The van der Waals surface area contributed by atoms with Gasteiger partial charge in [0.05, 0.1) is 0 Å². The van der Waals surface area contributed by atoms with Crippen molar-refractivity contribution in [2.75, 3.05) is 13.2 Å². The first-order valence-corrected chi connectivity index (χ1v) is 5.64. The Morgan fingerprint density at radius 3 is 2.08 bits per heavy atom. The largest absolute Gasteiger partial charge is 0.381 e. The first-order chi connectivity index (χ1) is 6.06. The molecule has 0 amide bonds. The Labute approximate surface area is 83.9 Å². The van der Waals surface area contributed by atoms with Gasteiger partial charge in [0.15, 0.2) is 0 Å². The van der Waals surface area contributed by atoms with E-state index in [1.165, 1.54) is 32.1 Å². The van der Waals surface area contributed by atoms with E-state index in [1.807, 2.05) is 0 Å². The van der Waals surface area contributed by atoms with Crippen LogP contribution in [-0.4, -0.2) is 13.2 Å². The van der Waals surface area contributed by atoms with Crippen molar-refractivity contribution >= 4 is 0 Å². The lowest BCUT2D eigenvalue weighted by atomic mass is 9.90. The molecule has 0 unspecified atom stereocenters. The second kappa shape index (κ2) is 7.37. The molecular formula is C12H26O. The fourth-order valence-corrected chi connectivity index (χ4v) is 1.21. The van der Waals surface area contributed by atoms with Gasteiger partial charge in [0, 0.05) is 13.2 Å². The zero-order valence-electron chi connectivity index (χ0n) is 9.86. The predicted molar refractivity (Wildman–Crippen MR) is 59.0 cm³/mol. The summed E-state index contributed by atoms with van der Waals surface area (Å²) in [5.74, 6) is 0. The lowest BCUT2D eigenvalue weighted by molar-refractivity contribution is 0.125. The number of hydrogen-bond donors (Lipinski definition) is 0. The number of unbranched alkanes of at least 4 members (excludes halogenated alkanes) is 2. The minimum absolute atomic E-state index is 0.490. The molecule has 0 bridgehead atoms. The third-order valence-electron chi connectivity index (χ3n) is 2.11. The van der Waals surface area contributed by atoms with Crippen LogP contribution in [0.5, 0.6) is 0 Å². The summed E-state index contributed by atoms with van der Waals surface area (Å²) in [6.45, 7) is 11.0. The predicted octanol–water partition coefficient (Wildman–Crippen LogP) is 4.02. The van der Waals surface area contributed by atoms with Gasteiger partial charge in [-0.1, -0.05) is 40.5 Å². The molecule has 0 heterocycles. The van der Waals surface area contributed by atoms with Crippen LogP contribution < -0.4 is 0 Å². The van der Waals surface area contributed by atoms with Crippen LogP contribution in [0.3, 0.4) is 0 Å². The molecule has 0 fully saturated rings. The summed E-state index contributed by atoms with van der Waals surface area (Å²) in [5.41, 5.74) is 0.490. The summed E-state index contributed by atoms with van der Waals surface area (Å²) < 4.78 is 5.49. The van der Waals surface area contributed by atoms with E-state index in [-0.39, 0.29) is 0 Å². The monoisotopic (exact) mass is 186 g/mol. The van der Waals surface area contributed by atoms with E-state index < -0.39 is 0 Å². The summed E-state index contributed by atoms with van der Waals surface area (Å²) in [7, 11) is 0. The van der Waals surface area contributed by atoms with Crippen molar-refractivity contribution in [3.05, 3.63) is 0 Å². The van der Waals surface area contributed by atoms with Gasteiger partial charge in [0.2, 0.25) is 0 Å². The van der Waals surface area contributed by atoms with Crippen molar-refractivity contribution in [1.82, 2.24) is 0 Å². The van der Waals surface area contributed by atoms with Crippen LogP contribution >= 0.6 is 0 Å². The first-order valence-electron chi connectivity index (χ1n) is 5.64. The second-order valence-electron chi connectivity index (χ2n) is 4.98. The van der Waals surface area contributed by atoms with Crippen LogP contribution in [0.4, 0.5) is 0 Å². The maximum Gasteiger partial charge on any atom is 0.0466 e. The molecule has 0 N–H and O–H groups in total. The van der Waals surface area contributed by atoms with Gasteiger partial charge in [0.1, 0.15) is 0 Å². The Balaban J connectivity index is 3.00. The van der Waals surface area contributed by atoms with Gasteiger partial charge in [-0.15, -0.1) is 0 Å². The van der Waals surface area contributed by atoms with Crippen molar-refractivity contribution in [2.24, 2.45) is 5.41 Å². The van der Waals surface area contributed by atoms with Crippen LogP contribution in [-0.2, 0) is 4.74 Å². The third-order valence-corrected chi connectivity index (χ3v) is 2.11. The molecule has 1 heteroatoms. The molecule has 0 aliphatic heterocycles. The highest BCUT2D eigenvalue weighted by Crippen LogP contribution is 2.21. The fraction of sp³-hybridized carbons (Fsp3) is 1.00. The normalized spacial score (nSPS) is 12.0. The molecule has 0 saturated heterocycles. The molecule has 0 aliphatic rings. The summed E-state index contributed by atoms with van der Waals surface area (Å²) in [5, 5.41) is 0. The number of rotatable bonds is 7. The van der Waals surface area contributed by atoms with Crippen molar-refractivity contribution in [2.45, 2.75) is 59.8 Å². The molecular weight excluding hydrogens is 160 g/mol. The van der Waals surface area contributed by atoms with Crippen LogP contribution in [0, 0.1) is 5.41 Å². The molecule has 1 nitrogen and oxygen atoms in total. The van der Waals surface area contributed by atoms with Crippen molar-refractivity contribution in [3.63, 3.8) is 0 Å². The van der Waals surface area contributed by atoms with E-state index in [9.17, 15) is 0 Å². The van der Waals surface area contributed by atoms with E-state index in [4.69, 9.17) is 4.74 Å². The van der Waals surface area contributed by atoms with Gasteiger partial charge < -0.3 is 4.74 Å². The van der Waals surface area contributed by atoms with Gasteiger partial charge in [-0.05, 0) is 24.7 Å². The topological polar surface area (TPSA) is 9.23 Å². The van der Waals surface area contributed by atoms with Gasteiger partial charge in [-0.3, -0.25) is 0 Å². The number of hydrogen-bond acceptors (Lipinski definition) is 1. The quantitative estimate of drug-likeness (QED) is 0.546. The Morgan fingerprint density at radius 2 is 1.54 bits per heavy atom. The van der Waals surface area contributed by atoms with E-state index in [0.29, 0.717) is 5.41 Å². The summed E-state index contributed by atoms with van der Waals surface area (Å²) in [4.78, 5) is 0. The molecule has 0 atom stereocenters. The molecule has 0 spiro atoms. The summed E-state index contributed by atoms with van der Waals surface area (Å²) in [6.07, 6.45) is 6.28. The van der Waals surface area contributed by atoms with Crippen molar-refractivity contribution in [3.8, 4) is 0 Å². The molecule has 80 valence electrons. The van der Waals surface area contributed by atoms with Gasteiger partial charge in [-0.25, -0.2) is 0 Å². The SMILES string of the molecule is CCCCOCCCCC(C)(C)C.